The Morgan fingerprint density at radius 2 is 2.03 bits per heavy atom. The predicted molar refractivity (Wildman–Crippen MR) is 110 cm³/mol. The van der Waals surface area contributed by atoms with Crippen LogP contribution in [0, 0.1) is 0 Å². The molecule has 3 heterocycles. The quantitative estimate of drug-likeness (QED) is 0.351. The molecular weight excluding hydrogens is 439 g/mol. The normalized spacial score (nSPS) is 12.6. The van der Waals surface area contributed by atoms with E-state index in [-0.39, 0.29) is 24.8 Å². The predicted octanol–water partition coefficient (Wildman–Crippen LogP) is 2.56. The molecule has 0 bridgehead atoms. The van der Waals surface area contributed by atoms with E-state index >= 15 is 0 Å². The number of nitrogens with zero attached hydrogens (tertiary/aromatic N) is 3. The van der Waals surface area contributed by atoms with Gasteiger partial charge in [0.15, 0.2) is 5.82 Å². The van der Waals surface area contributed by atoms with Crippen LogP contribution in [-0.4, -0.2) is 62.9 Å². The number of aliphatic hydroxyl groups is 1. The summed E-state index contributed by atoms with van der Waals surface area (Å²) in [4.78, 5) is 27.9. The number of carbonyl (C=O) groups excluding carboxylic acids is 1. The molecule has 0 aliphatic carbocycles. The second-order valence-electron chi connectivity index (χ2n) is 6.56. The zero-order valence-electron chi connectivity index (χ0n) is 16.2. The topological polar surface area (TPSA) is 128 Å². The number of hydrogen-bond donors (Lipinski definition) is 5. The molecule has 3 aromatic heterocycles. The van der Waals surface area contributed by atoms with E-state index in [1.54, 1.807) is 12.3 Å². The van der Waals surface area contributed by atoms with E-state index < -0.39 is 24.7 Å². The molecule has 0 radical (unpaired) electrons. The largest absolute Gasteiger partial charge is 0.405 e. The number of aromatic amines is 1. The number of fused-ring (bicyclic) bond motifs is 1. The van der Waals surface area contributed by atoms with Gasteiger partial charge in [-0.15, -0.1) is 0 Å². The van der Waals surface area contributed by atoms with Crippen LogP contribution in [0.2, 0.25) is 5.02 Å². The van der Waals surface area contributed by atoms with Crippen LogP contribution in [-0.2, 0) is 4.79 Å². The SMILES string of the molecule is C[C@H](Nc1cc(NCCO)nc(-c2c[nH]c3ncc(Cl)cc23)n1)C(=O)NCC(F)(F)F. The monoisotopic (exact) mass is 457 g/mol. The standard InChI is InChI=1S/C18H19ClF3N7O2/c1-9(17(31)26-8-18(20,21)22)27-14-5-13(23-2-3-30)28-16(29-14)12-7-25-15-11(12)4-10(19)6-24-15/h4-7,9,30H,2-3,8H2,1H3,(H,24,25)(H,26,31)(H2,23,27,28,29)/t9-/m0/s1. The minimum Gasteiger partial charge on any atom is -0.395 e. The van der Waals surface area contributed by atoms with Crippen molar-refractivity contribution in [1.29, 1.82) is 0 Å². The highest BCUT2D eigenvalue weighted by Crippen LogP contribution is 2.29. The summed E-state index contributed by atoms with van der Waals surface area (Å²) in [6.45, 7) is 0.0345. The number of hydrogen-bond acceptors (Lipinski definition) is 7. The third-order valence-electron chi connectivity index (χ3n) is 4.10. The average molecular weight is 458 g/mol. The first-order chi connectivity index (χ1) is 14.7. The molecule has 13 heteroatoms. The Labute approximate surface area is 179 Å². The molecule has 9 nitrogen and oxygen atoms in total. The van der Waals surface area contributed by atoms with Gasteiger partial charge < -0.3 is 26.0 Å². The highest BCUT2D eigenvalue weighted by atomic mass is 35.5. The third kappa shape index (κ3) is 5.95. The van der Waals surface area contributed by atoms with Crippen LogP contribution in [0.5, 0.6) is 0 Å². The Bertz CT molecular complexity index is 1070. The molecule has 1 atom stereocenters. The molecule has 0 saturated carbocycles. The molecule has 0 aliphatic rings. The summed E-state index contributed by atoms with van der Waals surface area (Å²) in [7, 11) is 0. The molecule has 3 rings (SSSR count). The van der Waals surface area contributed by atoms with Crippen molar-refractivity contribution in [3.05, 3.63) is 29.5 Å². The number of aliphatic hydroxyl groups excluding tert-OH is 1. The van der Waals surface area contributed by atoms with Crippen molar-refractivity contribution in [1.82, 2.24) is 25.3 Å². The zero-order chi connectivity index (χ0) is 22.6. The van der Waals surface area contributed by atoms with Crippen molar-refractivity contribution in [2.24, 2.45) is 0 Å². The van der Waals surface area contributed by atoms with Crippen molar-refractivity contribution < 1.29 is 23.1 Å². The van der Waals surface area contributed by atoms with Crippen LogP contribution >= 0.6 is 11.6 Å². The number of carbonyl (C=O) groups is 1. The van der Waals surface area contributed by atoms with Crippen molar-refractivity contribution in [3.63, 3.8) is 0 Å². The highest BCUT2D eigenvalue weighted by Gasteiger charge is 2.28. The molecule has 166 valence electrons. The molecular formula is C18H19ClF3N7O2. The van der Waals surface area contributed by atoms with Crippen LogP contribution < -0.4 is 16.0 Å². The molecule has 0 fully saturated rings. The fourth-order valence-corrected chi connectivity index (χ4v) is 2.86. The summed E-state index contributed by atoms with van der Waals surface area (Å²) in [6, 6.07) is 2.16. The smallest absolute Gasteiger partial charge is 0.395 e. The first-order valence-electron chi connectivity index (χ1n) is 9.14. The van der Waals surface area contributed by atoms with E-state index in [2.05, 4.69) is 30.6 Å². The molecule has 3 aromatic rings. The maximum Gasteiger partial charge on any atom is 0.405 e. The minimum absolute atomic E-state index is 0.148. The van der Waals surface area contributed by atoms with E-state index in [0.29, 0.717) is 27.4 Å². The maximum absolute atomic E-state index is 12.3. The van der Waals surface area contributed by atoms with Crippen LogP contribution in [0.4, 0.5) is 24.8 Å². The van der Waals surface area contributed by atoms with Gasteiger partial charge in [0, 0.05) is 36.0 Å². The Balaban J connectivity index is 1.90. The van der Waals surface area contributed by atoms with Crippen LogP contribution in [0.15, 0.2) is 24.5 Å². The second-order valence-corrected chi connectivity index (χ2v) is 7.00. The van der Waals surface area contributed by atoms with E-state index in [0.717, 1.165) is 0 Å². The van der Waals surface area contributed by atoms with Gasteiger partial charge in [0.25, 0.3) is 0 Å². The summed E-state index contributed by atoms with van der Waals surface area (Å²) in [6.07, 6.45) is -1.38. The number of rotatable bonds is 8. The van der Waals surface area contributed by atoms with Gasteiger partial charge in [-0.25, -0.2) is 15.0 Å². The zero-order valence-corrected chi connectivity index (χ0v) is 17.0. The van der Waals surface area contributed by atoms with Gasteiger partial charge in [-0.05, 0) is 13.0 Å². The summed E-state index contributed by atoms with van der Waals surface area (Å²) >= 11 is 6.04. The molecule has 0 unspecified atom stereocenters. The minimum atomic E-state index is -4.51. The first-order valence-corrected chi connectivity index (χ1v) is 9.52. The highest BCUT2D eigenvalue weighted by molar-refractivity contribution is 6.31. The number of aromatic nitrogens is 4. The summed E-state index contributed by atoms with van der Waals surface area (Å²) < 4.78 is 37.0. The van der Waals surface area contributed by atoms with Gasteiger partial charge in [0.2, 0.25) is 5.91 Å². The first kappa shape index (κ1) is 22.6. The number of amides is 1. The third-order valence-corrected chi connectivity index (χ3v) is 4.31. The molecule has 0 saturated heterocycles. The Morgan fingerprint density at radius 3 is 2.74 bits per heavy atom. The molecule has 1 amide bonds. The molecule has 0 spiro atoms. The lowest BCUT2D eigenvalue weighted by Gasteiger charge is -2.17. The number of anilines is 2. The number of H-pyrrole nitrogens is 1. The lowest BCUT2D eigenvalue weighted by Crippen LogP contribution is -2.42. The fourth-order valence-electron chi connectivity index (χ4n) is 2.71. The van der Waals surface area contributed by atoms with Crippen molar-refractivity contribution in [2.75, 3.05) is 30.3 Å². The number of halogens is 4. The summed E-state index contributed by atoms with van der Waals surface area (Å²) in [5.41, 5.74) is 1.14. The van der Waals surface area contributed by atoms with Crippen LogP contribution in [0.1, 0.15) is 6.92 Å². The maximum atomic E-state index is 12.3. The second kappa shape index (κ2) is 9.35. The lowest BCUT2D eigenvalue weighted by atomic mass is 10.2. The van der Waals surface area contributed by atoms with Gasteiger partial charge in [0.05, 0.1) is 11.6 Å². The van der Waals surface area contributed by atoms with E-state index in [9.17, 15) is 18.0 Å². The lowest BCUT2D eigenvalue weighted by molar-refractivity contribution is -0.138. The fraction of sp³-hybridized carbons (Fsp3) is 0.333. The van der Waals surface area contributed by atoms with Gasteiger partial charge in [-0.1, -0.05) is 11.6 Å². The van der Waals surface area contributed by atoms with Gasteiger partial charge >= 0.3 is 6.18 Å². The van der Waals surface area contributed by atoms with E-state index in [4.69, 9.17) is 16.7 Å². The summed E-state index contributed by atoms with van der Waals surface area (Å²) in [5, 5.41) is 17.6. The molecule has 5 N–H and O–H groups in total. The number of alkyl halides is 3. The Kier molecular flexibility index (Phi) is 6.81. The van der Waals surface area contributed by atoms with Crippen molar-refractivity contribution in [3.8, 4) is 11.4 Å². The average Bonchev–Trinajstić information content (AvgIpc) is 3.12. The molecule has 0 aliphatic heterocycles. The van der Waals surface area contributed by atoms with E-state index in [1.807, 2.05) is 5.32 Å². The van der Waals surface area contributed by atoms with Gasteiger partial charge in [-0.2, -0.15) is 13.2 Å². The van der Waals surface area contributed by atoms with Gasteiger partial charge in [-0.3, -0.25) is 4.79 Å². The molecule has 0 aromatic carbocycles. The van der Waals surface area contributed by atoms with E-state index in [1.165, 1.54) is 19.2 Å². The van der Waals surface area contributed by atoms with Crippen LogP contribution in [0.25, 0.3) is 22.4 Å². The van der Waals surface area contributed by atoms with Crippen molar-refractivity contribution >= 4 is 40.2 Å². The number of nitrogens with one attached hydrogen (secondary N) is 4. The van der Waals surface area contributed by atoms with Crippen LogP contribution in [0.3, 0.4) is 0 Å². The Hall–Kier alpha value is -3.12. The van der Waals surface area contributed by atoms with Crippen molar-refractivity contribution in [2.45, 2.75) is 19.1 Å². The molecule has 31 heavy (non-hydrogen) atoms. The summed E-state index contributed by atoms with van der Waals surface area (Å²) in [5.74, 6) is -0.0488. The number of pyridine rings is 1. The van der Waals surface area contributed by atoms with Gasteiger partial charge in [0.1, 0.15) is 29.9 Å². The Morgan fingerprint density at radius 1 is 1.29 bits per heavy atom.